The molecule has 0 aliphatic carbocycles. The van der Waals surface area contributed by atoms with Gasteiger partial charge in [0.05, 0.1) is 17.7 Å². The molecule has 1 N–H and O–H groups in total. The molecule has 2 nitrogen and oxygen atoms in total. The SMILES string of the molecule is Clc1ccc(NC2CCOc3ccccc32)cc1Br. The Labute approximate surface area is 125 Å². The number of nitrogens with one attached hydrogen (secondary N) is 1. The molecule has 0 saturated carbocycles. The molecule has 3 rings (SSSR count). The lowest BCUT2D eigenvalue weighted by Crippen LogP contribution is -2.20. The van der Waals surface area contributed by atoms with E-state index in [1.54, 1.807) is 0 Å². The summed E-state index contributed by atoms with van der Waals surface area (Å²) in [4.78, 5) is 0. The van der Waals surface area contributed by atoms with Gasteiger partial charge in [0.1, 0.15) is 5.75 Å². The van der Waals surface area contributed by atoms with Gasteiger partial charge in [0.2, 0.25) is 0 Å². The zero-order chi connectivity index (χ0) is 13.2. The van der Waals surface area contributed by atoms with Gasteiger partial charge in [-0.15, -0.1) is 0 Å². The largest absolute Gasteiger partial charge is 0.493 e. The molecule has 0 saturated heterocycles. The van der Waals surface area contributed by atoms with E-state index in [9.17, 15) is 0 Å². The van der Waals surface area contributed by atoms with Gasteiger partial charge >= 0.3 is 0 Å². The Bertz CT molecular complexity index is 602. The third-order valence-corrected chi connectivity index (χ3v) is 4.43. The van der Waals surface area contributed by atoms with Crippen molar-refractivity contribution in [1.82, 2.24) is 0 Å². The van der Waals surface area contributed by atoms with Gasteiger partial charge < -0.3 is 10.1 Å². The minimum absolute atomic E-state index is 0.276. The molecule has 0 bridgehead atoms. The lowest BCUT2D eigenvalue weighted by atomic mass is 10.0. The van der Waals surface area contributed by atoms with Crippen molar-refractivity contribution in [2.45, 2.75) is 12.5 Å². The number of hydrogen-bond acceptors (Lipinski definition) is 2. The topological polar surface area (TPSA) is 21.3 Å². The first-order valence-corrected chi connectivity index (χ1v) is 7.34. The number of ether oxygens (including phenoxy) is 1. The summed E-state index contributed by atoms with van der Waals surface area (Å²) in [6.07, 6.45) is 0.956. The van der Waals surface area contributed by atoms with Crippen molar-refractivity contribution in [2.75, 3.05) is 11.9 Å². The standard InChI is InChI=1S/C15H13BrClNO/c16-12-9-10(5-6-13(12)17)18-14-7-8-19-15-4-2-1-3-11(14)15/h1-6,9,14,18H,7-8H2. The minimum atomic E-state index is 0.276. The maximum atomic E-state index is 6.01. The zero-order valence-corrected chi connectivity index (χ0v) is 12.5. The van der Waals surface area contributed by atoms with Gasteiger partial charge in [0.25, 0.3) is 0 Å². The molecule has 4 heteroatoms. The van der Waals surface area contributed by atoms with Gasteiger partial charge in [-0.05, 0) is 40.2 Å². The highest BCUT2D eigenvalue weighted by atomic mass is 79.9. The summed E-state index contributed by atoms with van der Waals surface area (Å²) in [5.41, 5.74) is 2.26. The minimum Gasteiger partial charge on any atom is -0.493 e. The van der Waals surface area contributed by atoms with Crippen LogP contribution in [0.3, 0.4) is 0 Å². The molecule has 19 heavy (non-hydrogen) atoms. The maximum Gasteiger partial charge on any atom is 0.124 e. The summed E-state index contributed by atoms with van der Waals surface area (Å²) in [5, 5.41) is 4.26. The van der Waals surface area contributed by atoms with Crippen molar-refractivity contribution >= 4 is 33.2 Å². The molecular weight excluding hydrogens is 326 g/mol. The average Bonchev–Trinajstić information content (AvgIpc) is 2.43. The van der Waals surface area contributed by atoms with Gasteiger partial charge in [-0.1, -0.05) is 29.8 Å². The monoisotopic (exact) mass is 337 g/mol. The van der Waals surface area contributed by atoms with Crippen molar-refractivity contribution < 1.29 is 4.74 Å². The van der Waals surface area contributed by atoms with Gasteiger partial charge in [-0.2, -0.15) is 0 Å². The number of fused-ring (bicyclic) bond motifs is 1. The molecule has 0 aromatic heterocycles. The first kappa shape index (κ1) is 12.8. The number of anilines is 1. The number of para-hydroxylation sites is 1. The first-order valence-electron chi connectivity index (χ1n) is 6.17. The van der Waals surface area contributed by atoms with Crippen LogP contribution in [-0.4, -0.2) is 6.61 Å². The van der Waals surface area contributed by atoms with Crippen molar-refractivity contribution in [3.63, 3.8) is 0 Å². The average molecular weight is 339 g/mol. The molecular formula is C15H13BrClNO. The quantitative estimate of drug-likeness (QED) is 0.828. The van der Waals surface area contributed by atoms with E-state index < -0.39 is 0 Å². The highest BCUT2D eigenvalue weighted by Crippen LogP contribution is 2.35. The van der Waals surface area contributed by atoms with Crippen molar-refractivity contribution in [3.05, 3.63) is 57.5 Å². The van der Waals surface area contributed by atoms with Crippen LogP contribution in [0, 0.1) is 0 Å². The Morgan fingerprint density at radius 3 is 2.89 bits per heavy atom. The van der Waals surface area contributed by atoms with Crippen LogP contribution in [0.25, 0.3) is 0 Å². The van der Waals surface area contributed by atoms with E-state index in [0.717, 1.165) is 34.0 Å². The number of benzene rings is 2. The highest BCUT2D eigenvalue weighted by Gasteiger charge is 2.20. The lowest BCUT2D eigenvalue weighted by Gasteiger charge is -2.27. The molecule has 2 aromatic rings. The molecule has 1 aliphatic heterocycles. The van der Waals surface area contributed by atoms with Crippen LogP contribution in [0.4, 0.5) is 5.69 Å². The van der Waals surface area contributed by atoms with Gasteiger partial charge in [0.15, 0.2) is 0 Å². The van der Waals surface area contributed by atoms with Crippen LogP contribution >= 0.6 is 27.5 Å². The molecule has 1 heterocycles. The Balaban J connectivity index is 1.86. The summed E-state index contributed by atoms with van der Waals surface area (Å²) in [6.45, 7) is 0.740. The molecule has 0 fully saturated rings. The van der Waals surface area contributed by atoms with Crippen molar-refractivity contribution in [1.29, 1.82) is 0 Å². The summed E-state index contributed by atoms with van der Waals surface area (Å²) >= 11 is 9.46. The van der Waals surface area contributed by atoms with Crippen LogP contribution in [-0.2, 0) is 0 Å². The fourth-order valence-electron chi connectivity index (χ4n) is 2.28. The smallest absolute Gasteiger partial charge is 0.124 e. The zero-order valence-electron chi connectivity index (χ0n) is 10.2. The van der Waals surface area contributed by atoms with Gasteiger partial charge in [-0.25, -0.2) is 0 Å². The van der Waals surface area contributed by atoms with E-state index >= 15 is 0 Å². The van der Waals surface area contributed by atoms with E-state index in [4.69, 9.17) is 16.3 Å². The predicted octanol–water partition coefficient (Wildman–Crippen LogP) is 5.04. The summed E-state index contributed by atoms with van der Waals surface area (Å²) in [7, 11) is 0. The van der Waals surface area contributed by atoms with Crippen LogP contribution < -0.4 is 10.1 Å². The van der Waals surface area contributed by atoms with Crippen molar-refractivity contribution in [3.8, 4) is 5.75 Å². The Hall–Kier alpha value is -1.19. The predicted molar refractivity (Wildman–Crippen MR) is 82.1 cm³/mol. The third kappa shape index (κ3) is 2.72. The van der Waals surface area contributed by atoms with Crippen LogP contribution in [0.5, 0.6) is 5.75 Å². The first-order chi connectivity index (χ1) is 9.24. The fraction of sp³-hybridized carbons (Fsp3) is 0.200. The van der Waals surface area contributed by atoms with E-state index in [0.29, 0.717) is 0 Å². The maximum absolute atomic E-state index is 6.01. The lowest BCUT2D eigenvalue weighted by molar-refractivity contribution is 0.274. The molecule has 1 atom stereocenters. The number of hydrogen-bond donors (Lipinski definition) is 1. The molecule has 98 valence electrons. The second-order valence-electron chi connectivity index (χ2n) is 4.50. The van der Waals surface area contributed by atoms with Gasteiger partial charge in [0, 0.05) is 22.1 Å². The Morgan fingerprint density at radius 2 is 2.05 bits per heavy atom. The Kier molecular flexibility index (Phi) is 3.67. The molecule has 0 radical (unpaired) electrons. The number of rotatable bonds is 2. The van der Waals surface area contributed by atoms with Gasteiger partial charge in [-0.3, -0.25) is 0 Å². The molecule has 0 spiro atoms. The number of halogens is 2. The van der Waals surface area contributed by atoms with E-state index in [1.165, 1.54) is 5.56 Å². The van der Waals surface area contributed by atoms with Crippen LogP contribution in [0.1, 0.15) is 18.0 Å². The van der Waals surface area contributed by atoms with E-state index in [1.807, 2.05) is 36.4 Å². The normalized spacial score (nSPS) is 17.5. The second kappa shape index (κ2) is 5.43. The summed E-state index contributed by atoms with van der Waals surface area (Å²) in [6, 6.07) is 14.3. The fourth-order valence-corrected chi connectivity index (χ4v) is 2.78. The van der Waals surface area contributed by atoms with Crippen LogP contribution in [0.15, 0.2) is 46.9 Å². The van der Waals surface area contributed by atoms with Crippen molar-refractivity contribution in [2.24, 2.45) is 0 Å². The summed E-state index contributed by atoms with van der Waals surface area (Å²) in [5.74, 6) is 0.972. The molecule has 1 aliphatic rings. The molecule has 0 amide bonds. The second-order valence-corrected chi connectivity index (χ2v) is 5.76. The highest BCUT2D eigenvalue weighted by molar-refractivity contribution is 9.10. The Morgan fingerprint density at radius 1 is 1.21 bits per heavy atom. The third-order valence-electron chi connectivity index (χ3n) is 3.22. The van der Waals surface area contributed by atoms with E-state index in [-0.39, 0.29) is 6.04 Å². The summed E-state index contributed by atoms with van der Waals surface area (Å²) < 4.78 is 6.57. The van der Waals surface area contributed by atoms with E-state index in [2.05, 4.69) is 27.3 Å². The van der Waals surface area contributed by atoms with Crippen LogP contribution in [0.2, 0.25) is 5.02 Å². The molecule has 1 unspecified atom stereocenters. The molecule has 2 aromatic carbocycles.